The smallest absolute Gasteiger partial charge is 0.270 e. The number of nitro benzene ring substituents is 1. The van der Waals surface area contributed by atoms with E-state index in [1.54, 1.807) is 0 Å². The van der Waals surface area contributed by atoms with Crippen LogP contribution in [0.25, 0.3) is 0 Å². The predicted octanol–water partition coefficient (Wildman–Crippen LogP) is 2.36. The summed E-state index contributed by atoms with van der Waals surface area (Å²) < 4.78 is 11.5. The number of carbonyl (C=O) groups excluding carboxylic acids is 2. The van der Waals surface area contributed by atoms with Crippen molar-refractivity contribution in [3.8, 4) is 11.5 Å². The zero-order chi connectivity index (χ0) is 21.7. The van der Waals surface area contributed by atoms with Gasteiger partial charge in [0.05, 0.1) is 18.1 Å². The number of rotatable bonds is 8. The van der Waals surface area contributed by atoms with Gasteiger partial charge in [-0.15, -0.1) is 0 Å². The van der Waals surface area contributed by atoms with Crippen molar-refractivity contribution in [1.29, 1.82) is 0 Å². The minimum absolute atomic E-state index is 0.100. The van der Waals surface area contributed by atoms with Gasteiger partial charge in [-0.1, -0.05) is 6.07 Å². The van der Waals surface area contributed by atoms with Gasteiger partial charge in [-0.05, 0) is 32.0 Å². The molecule has 0 aromatic heterocycles. The van der Waals surface area contributed by atoms with E-state index < -0.39 is 16.7 Å². The number of fused-ring (bicyclic) bond motifs is 1. The van der Waals surface area contributed by atoms with Gasteiger partial charge in [-0.3, -0.25) is 19.7 Å². The first-order valence-electron chi connectivity index (χ1n) is 9.62. The Morgan fingerprint density at radius 2 is 2.07 bits per heavy atom. The summed E-state index contributed by atoms with van der Waals surface area (Å²) in [6, 6.07) is 9.12. The highest BCUT2D eigenvalue weighted by atomic mass is 16.6. The lowest BCUT2D eigenvalue weighted by atomic mass is 10.1. The molecule has 0 saturated carbocycles. The Balaban J connectivity index is 1.57. The molecule has 2 N–H and O–H groups in total. The molecule has 1 atom stereocenters. The monoisotopic (exact) mass is 413 g/mol. The third-order valence-electron chi connectivity index (χ3n) is 4.58. The SMILES string of the molecule is CCOc1cc2c(cc1CNC(=O)CNC(=O)c1cccc([N+](=O)[O-])c1)O[C@@H](C)C2. The Morgan fingerprint density at radius 3 is 2.80 bits per heavy atom. The van der Waals surface area contributed by atoms with Gasteiger partial charge in [0.15, 0.2) is 0 Å². The van der Waals surface area contributed by atoms with Crippen molar-refractivity contribution in [3.63, 3.8) is 0 Å². The molecule has 0 fully saturated rings. The maximum Gasteiger partial charge on any atom is 0.270 e. The molecule has 0 aliphatic carbocycles. The molecule has 1 aliphatic heterocycles. The van der Waals surface area contributed by atoms with Gasteiger partial charge < -0.3 is 20.1 Å². The van der Waals surface area contributed by atoms with Crippen molar-refractivity contribution in [2.75, 3.05) is 13.2 Å². The van der Waals surface area contributed by atoms with Crippen LogP contribution in [-0.4, -0.2) is 36.0 Å². The standard InChI is InChI=1S/C21H23N3O6/c1-3-29-18-9-15-7-13(2)30-19(15)10-16(18)11-22-20(25)12-23-21(26)14-5-4-6-17(8-14)24(27)28/h4-6,8-10,13H,3,7,11-12H2,1-2H3,(H,22,25)(H,23,26)/t13-/m0/s1. The van der Waals surface area contributed by atoms with Crippen molar-refractivity contribution < 1.29 is 24.0 Å². The van der Waals surface area contributed by atoms with E-state index in [2.05, 4.69) is 10.6 Å². The summed E-state index contributed by atoms with van der Waals surface area (Å²) in [6.45, 7) is 4.33. The minimum atomic E-state index is -0.583. The van der Waals surface area contributed by atoms with Gasteiger partial charge in [0.25, 0.3) is 11.6 Å². The molecular formula is C21H23N3O6. The first-order chi connectivity index (χ1) is 14.4. The highest BCUT2D eigenvalue weighted by Crippen LogP contribution is 2.35. The fourth-order valence-electron chi connectivity index (χ4n) is 3.19. The van der Waals surface area contributed by atoms with Crippen LogP contribution in [0.4, 0.5) is 5.69 Å². The molecule has 0 saturated heterocycles. The summed E-state index contributed by atoms with van der Waals surface area (Å²) in [6.07, 6.45) is 0.912. The van der Waals surface area contributed by atoms with Crippen LogP contribution in [0.3, 0.4) is 0 Å². The van der Waals surface area contributed by atoms with Gasteiger partial charge in [0.1, 0.15) is 17.6 Å². The summed E-state index contributed by atoms with van der Waals surface area (Å²) >= 11 is 0. The van der Waals surface area contributed by atoms with Crippen LogP contribution in [0, 0.1) is 10.1 Å². The number of ether oxygens (including phenoxy) is 2. The zero-order valence-corrected chi connectivity index (χ0v) is 16.8. The van der Waals surface area contributed by atoms with Crippen LogP contribution < -0.4 is 20.1 Å². The Morgan fingerprint density at radius 1 is 1.27 bits per heavy atom. The number of hydrogen-bond acceptors (Lipinski definition) is 6. The molecule has 2 aromatic rings. The number of carbonyl (C=O) groups is 2. The first-order valence-corrected chi connectivity index (χ1v) is 9.62. The van der Waals surface area contributed by atoms with Crippen LogP contribution in [0.5, 0.6) is 11.5 Å². The van der Waals surface area contributed by atoms with Crippen LogP contribution in [0.15, 0.2) is 36.4 Å². The molecule has 1 heterocycles. The highest BCUT2D eigenvalue weighted by molar-refractivity contribution is 5.96. The molecule has 9 heteroatoms. The Hall–Kier alpha value is -3.62. The molecule has 2 aromatic carbocycles. The maximum absolute atomic E-state index is 12.2. The fourth-order valence-corrected chi connectivity index (χ4v) is 3.19. The van der Waals surface area contributed by atoms with E-state index in [9.17, 15) is 19.7 Å². The molecule has 9 nitrogen and oxygen atoms in total. The quantitative estimate of drug-likeness (QED) is 0.506. The van der Waals surface area contributed by atoms with Crippen molar-refractivity contribution >= 4 is 17.5 Å². The summed E-state index contributed by atoms with van der Waals surface area (Å²) in [4.78, 5) is 34.6. The van der Waals surface area contributed by atoms with E-state index in [0.29, 0.717) is 12.4 Å². The second-order valence-corrected chi connectivity index (χ2v) is 6.90. The van der Waals surface area contributed by atoms with E-state index in [1.807, 2.05) is 26.0 Å². The third kappa shape index (κ3) is 5.05. The van der Waals surface area contributed by atoms with Gasteiger partial charge in [-0.25, -0.2) is 0 Å². The van der Waals surface area contributed by atoms with E-state index in [-0.39, 0.29) is 30.4 Å². The predicted molar refractivity (Wildman–Crippen MR) is 109 cm³/mol. The molecule has 1 aliphatic rings. The van der Waals surface area contributed by atoms with Crippen LogP contribution in [0.1, 0.15) is 35.3 Å². The Kier molecular flexibility index (Phi) is 6.51. The van der Waals surface area contributed by atoms with Crippen molar-refractivity contribution in [3.05, 3.63) is 63.2 Å². The van der Waals surface area contributed by atoms with Crippen molar-refractivity contribution in [2.24, 2.45) is 0 Å². The molecule has 0 radical (unpaired) electrons. The summed E-state index contributed by atoms with van der Waals surface area (Å²) in [5.74, 6) is 0.513. The molecule has 0 bridgehead atoms. The second kappa shape index (κ2) is 9.25. The van der Waals surface area contributed by atoms with Gasteiger partial charge in [0, 0.05) is 41.8 Å². The first kappa shape index (κ1) is 21.1. The van der Waals surface area contributed by atoms with Crippen LogP contribution in [-0.2, 0) is 17.8 Å². The van der Waals surface area contributed by atoms with Gasteiger partial charge >= 0.3 is 0 Å². The molecule has 158 valence electrons. The maximum atomic E-state index is 12.2. The van der Waals surface area contributed by atoms with Crippen molar-refractivity contribution in [2.45, 2.75) is 32.9 Å². The second-order valence-electron chi connectivity index (χ2n) is 6.90. The molecule has 30 heavy (non-hydrogen) atoms. The molecular weight excluding hydrogens is 390 g/mol. The molecule has 2 amide bonds. The van der Waals surface area contributed by atoms with E-state index in [1.165, 1.54) is 18.2 Å². The topological polar surface area (TPSA) is 120 Å². The number of nitrogens with one attached hydrogen (secondary N) is 2. The van der Waals surface area contributed by atoms with Crippen LogP contribution in [0.2, 0.25) is 0 Å². The lowest BCUT2D eigenvalue weighted by molar-refractivity contribution is -0.384. The average molecular weight is 413 g/mol. The number of non-ortho nitro benzene ring substituents is 1. The number of hydrogen-bond donors (Lipinski definition) is 2. The average Bonchev–Trinajstić information content (AvgIpc) is 3.09. The van der Waals surface area contributed by atoms with E-state index >= 15 is 0 Å². The number of benzene rings is 2. The summed E-state index contributed by atoms with van der Waals surface area (Å²) in [7, 11) is 0. The molecule has 0 unspecified atom stereocenters. The lowest BCUT2D eigenvalue weighted by Gasteiger charge is -2.13. The minimum Gasteiger partial charge on any atom is -0.494 e. The van der Waals surface area contributed by atoms with E-state index in [0.717, 1.165) is 29.4 Å². The van der Waals surface area contributed by atoms with Crippen LogP contribution >= 0.6 is 0 Å². The molecule has 0 spiro atoms. The number of nitrogens with zero attached hydrogens (tertiary/aromatic N) is 1. The van der Waals surface area contributed by atoms with Gasteiger partial charge in [-0.2, -0.15) is 0 Å². The van der Waals surface area contributed by atoms with E-state index in [4.69, 9.17) is 9.47 Å². The number of amides is 2. The number of nitro groups is 1. The zero-order valence-electron chi connectivity index (χ0n) is 16.8. The highest BCUT2D eigenvalue weighted by Gasteiger charge is 2.22. The van der Waals surface area contributed by atoms with Crippen molar-refractivity contribution in [1.82, 2.24) is 10.6 Å². The Labute approximate surface area is 173 Å². The lowest BCUT2D eigenvalue weighted by Crippen LogP contribution is -2.36. The largest absolute Gasteiger partial charge is 0.494 e. The normalized spacial score (nSPS) is 14.4. The summed E-state index contributed by atoms with van der Waals surface area (Å²) in [5, 5.41) is 16.0. The summed E-state index contributed by atoms with van der Waals surface area (Å²) in [5.41, 5.74) is 1.78. The fraction of sp³-hybridized carbons (Fsp3) is 0.333. The Bertz CT molecular complexity index is 975. The van der Waals surface area contributed by atoms with Gasteiger partial charge in [0.2, 0.25) is 5.91 Å². The molecule has 3 rings (SSSR count). The third-order valence-corrected chi connectivity index (χ3v) is 4.58.